The van der Waals surface area contributed by atoms with Crippen molar-refractivity contribution in [1.29, 1.82) is 0 Å². The van der Waals surface area contributed by atoms with Crippen LogP contribution in [-0.4, -0.2) is 70.9 Å². The minimum Gasteiger partial charge on any atom is -0.497 e. The first-order chi connectivity index (χ1) is 22.1. The van der Waals surface area contributed by atoms with Gasteiger partial charge in [-0.2, -0.15) is 17.6 Å². The van der Waals surface area contributed by atoms with Gasteiger partial charge in [-0.3, -0.25) is 9.59 Å². The summed E-state index contributed by atoms with van der Waals surface area (Å²) >= 11 is 0. The van der Waals surface area contributed by atoms with E-state index < -0.39 is 77.2 Å². The molecule has 3 heterocycles. The average molecular weight is 666 g/mol. The maximum atomic E-state index is 16.1. The smallest absolute Gasteiger partial charge is 0.356 e. The minimum atomic E-state index is -4.78. The van der Waals surface area contributed by atoms with Crippen LogP contribution in [0.5, 0.6) is 11.6 Å². The molecule has 1 aromatic heterocycles. The molecule has 1 saturated heterocycles. The number of nitrogens with zero attached hydrogens (tertiary/aromatic N) is 3. The van der Waals surface area contributed by atoms with E-state index >= 15 is 17.6 Å². The van der Waals surface area contributed by atoms with E-state index in [1.165, 1.54) is 30.2 Å². The third kappa shape index (κ3) is 6.76. The Balaban J connectivity index is 1.63. The highest BCUT2D eigenvalue weighted by molar-refractivity contribution is 5.87. The fourth-order valence-electron chi connectivity index (χ4n) is 7.27. The summed E-state index contributed by atoms with van der Waals surface area (Å²) in [6.45, 7) is 6.98. The summed E-state index contributed by atoms with van der Waals surface area (Å²) in [4.78, 5) is 49.4. The molecule has 2 aromatic rings. The molecule has 3 aliphatic rings. The van der Waals surface area contributed by atoms with E-state index in [1.54, 1.807) is 6.92 Å². The van der Waals surface area contributed by atoms with Crippen molar-refractivity contribution in [3.8, 4) is 11.6 Å². The maximum absolute atomic E-state index is 16.1. The molecule has 1 amide bonds. The van der Waals surface area contributed by atoms with E-state index in [2.05, 4.69) is 9.97 Å². The van der Waals surface area contributed by atoms with Crippen molar-refractivity contribution in [2.24, 2.45) is 23.2 Å². The molecule has 47 heavy (non-hydrogen) atoms. The van der Waals surface area contributed by atoms with Crippen molar-refractivity contribution in [2.45, 2.75) is 109 Å². The summed E-state index contributed by atoms with van der Waals surface area (Å²) < 4.78 is 80.4. The fourth-order valence-corrected chi connectivity index (χ4v) is 7.27. The number of amides is 1. The Morgan fingerprint density at radius 3 is 2.40 bits per heavy atom. The Bertz CT molecular complexity index is 1500. The lowest BCUT2D eigenvalue weighted by molar-refractivity contribution is -0.223. The molecule has 13 heteroatoms. The molecule has 1 saturated carbocycles. The maximum Gasteiger partial charge on any atom is 0.356 e. The van der Waals surface area contributed by atoms with Crippen molar-refractivity contribution < 1.29 is 46.2 Å². The van der Waals surface area contributed by atoms with Gasteiger partial charge in [-0.25, -0.2) is 9.97 Å². The molecule has 1 aromatic carbocycles. The molecule has 0 unspecified atom stereocenters. The zero-order chi connectivity index (χ0) is 34.3. The first-order valence-corrected chi connectivity index (χ1v) is 16.3. The summed E-state index contributed by atoms with van der Waals surface area (Å²) in [7, 11) is 1.40. The normalized spacial score (nSPS) is 30.0. The molecule has 0 radical (unpaired) electrons. The number of carbonyl (C=O) groups excluding carboxylic acids is 3. The van der Waals surface area contributed by atoms with Crippen LogP contribution in [0.15, 0.2) is 18.2 Å². The monoisotopic (exact) mass is 665 g/mol. The van der Waals surface area contributed by atoms with Crippen LogP contribution in [-0.2, 0) is 25.0 Å². The van der Waals surface area contributed by atoms with Crippen LogP contribution in [0.3, 0.4) is 0 Å². The Labute approximate surface area is 271 Å². The number of carbonyl (C=O) groups is 3. The number of aromatic nitrogens is 2. The van der Waals surface area contributed by atoms with Crippen LogP contribution < -0.4 is 9.47 Å². The molecule has 9 nitrogen and oxygen atoms in total. The van der Waals surface area contributed by atoms with E-state index in [0.717, 1.165) is 0 Å². The average Bonchev–Trinajstić information content (AvgIpc) is 3.60. The van der Waals surface area contributed by atoms with Crippen molar-refractivity contribution in [3.05, 3.63) is 23.9 Å². The Kier molecular flexibility index (Phi) is 9.76. The summed E-state index contributed by atoms with van der Waals surface area (Å²) in [5.74, 6) is -12.7. The SMILES string of the molecule is CC[C@@H]1[C@@H]2CN(C(=O)[C@H](C(C)(C)C)CC(=O)O[C@@H]3CCC[C@H]3CCCC(F)(F)C(F)(F)c3nc4ccc(OC)cc4nc3O2)[C@@H]1C=O. The predicted molar refractivity (Wildman–Crippen MR) is 163 cm³/mol. The summed E-state index contributed by atoms with van der Waals surface area (Å²) in [5.41, 5.74) is -2.00. The summed E-state index contributed by atoms with van der Waals surface area (Å²) in [6.07, 6.45) is -0.361. The van der Waals surface area contributed by atoms with Crippen LogP contribution in [0.4, 0.5) is 17.6 Å². The number of hydrogen-bond acceptors (Lipinski definition) is 8. The van der Waals surface area contributed by atoms with Crippen LogP contribution in [0.1, 0.15) is 84.8 Å². The van der Waals surface area contributed by atoms with Gasteiger partial charge in [0, 0.05) is 18.4 Å². The quantitative estimate of drug-likeness (QED) is 0.208. The van der Waals surface area contributed by atoms with E-state index in [-0.39, 0.29) is 42.8 Å². The summed E-state index contributed by atoms with van der Waals surface area (Å²) in [6, 6.07) is 3.22. The number of methoxy groups -OCH3 is 1. The van der Waals surface area contributed by atoms with Crippen molar-refractivity contribution in [3.63, 3.8) is 0 Å². The van der Waals surface area contributed by atoms with Crippen LogP contribution in [0.25, 0.3) is 11.0 Å². The molecule has 258 valence electrons. The number of aldehydes is 1. The second-order valence-electron chi connectivity index (χ2n) is 14.1. The number of hydrogen-bond donors (Lipinski definition) is 0. The molecule has 0 N–H and O–H groups in total. The Morgan fingerprint density at radius 1 is 1.02 bits per heavy atom. The van der Waals surface area contributed by atoms with Crippen LogP contribution in [0, 0.1) is 23.2 Å². The standard InChI is InChI=1S/C34H43F4N3O6/c1-6-21-25(18-42)41-17-27(21)47-30-29(39-23-13-12-20(45-5)15-24(23)40-30)34(37,38)33(35,36)14-8-10-19-9-7-11-26(19)46-28(43)16-22(31(41)44)32(2,3)4/h12-13,15,18-19,21-22,25-27H,6-11,14,16-17H2,1-5H3/t19-,21-,22+,25+,26+,27-/m0/s1. The fraction of sp³-hybridized carbons (Fsp3) is 0.676. The molecular weight excluding hydrogens is 622 g/mol. The van der Waals surface area contributed by atoms with Gasteiger partial charge in [0.2, 0.25) is 11.8 Å². The lowest BCUT2D eigenvalue weighted by Gasteiger charge is -2.34. The second kappa shape index (κ2) is 13.2. The lowest BCUT2D eigenvalue weighted by Crippen LogP contribution is -2.46. The lowest BCUT2D eigenvalue weighted by atomic mass is 9.77. The van der Waals surface area contributed by atoms with Gasteiger partial charge in [-0.15, -0.1) is 0 Å². The van der Waals surface area contributed by atoms with Gasteiger partial charge >= 0.3 is 17.8 Å². The summed E-state index contributed by atoms with van der Waals surface area (Å²) in [5, 5.41) is 0. The Hall–Kier alpha value is -3.51. The van der Waals surface area contributed by atoms with E-state index in [4.69, 9.17) is 14.2 Å². The highest BCUT2D eigenvalue weighted by Crippen LogP contribution is 2.49. The van der Waals surface area contributed by atoms with Gasteiger partial charge in [-0.1, -0.05) is 27.7 Å². The number of esters is 1. The minimum absolute atomic E-state index is 0.0598. The first-order valence-electron chi connectivity index (χ1n) is 16.3. The van der Waals surface area contributed by atoms with Crippen molar-refractivity contribution >= 4 is 29.2 Å². The van der Waals surface area contributed by atoms with Crippen LogP contribution >= 0.6 is 0 Å². The number of alkyl halides is 4. The van der Waals surface area contributed by atoms with Gasteiger partial charge < -0.3 is 23.9 Å². The first kappa shape index (κ1) is 34.8. The molecular formula is C34H43F4N3O6. The van der Waals surface area contributed by atoms with Gasteiger partial charge in [-0.05, 0) is 62.0 Å². The topological polar surface area (TPSA) is 108 Å². The molecule has 5 rings (SSSR count). The number of benzene rings is 1. The van der Waals surface area contributed by atoms with Gasteiger partial charge in [0.15, 0.2) is 5.69 Å². The molecule has 6 atom stereocenters. The van der Waals surface area contributed by atoms with E-state index in [1.807, 2.05) is 20.8 Å². The second-order valence-corrected chi connectivity index (χ2v) is 14.1. The third-order valence-electron chi connectivity index (χ3n) is 10.1. The van der Waals surface area contributed by atoms with Crippen molar-refractivity contribution in [2.75, 3.05) is 13.7 Å². The zero-order valence-corrected chi connectivity index (χ0v) is 27.4. The highest BCUT2D eigenvalue weighted by atomic mass is 19.3. The van der Waals surface area contributed by atoms with Crippen molar-refractivity contribution in [1.82, 2.24) is 14.9 Å². The number of halogens is 4. The molecule has 2 fully saturated rings. The molecule has 0 spiro atoms. The van der Waals surface area contributed by atoms with E-state index in [9.17, 15) is 14.4 Å². The van der Waals surface area contributed by atoms with Crippen LogP contribution in [0.2, 0.25) is 0 Å². The van der Waals surface area contributed by atoms with E-state index in [0.29, 0.717) is 37.7 Å². The highest BCUT2D eigenvalue weighted by Gasteiger charge is 2.60. The van der Waals surface area contributed by atoms with Gasteiger partial charge in [0.05, 0.1) is 43.1 Å². The largest absolute Gasteiger partial charge is 0.497 e. The Morgan fingerprint density at radius 2 is 1.74 bits per heavy atom. The molecule has 2 bridgehead atoms. The number of fused-ring (bicyclic) bond motifs is 5. The molecule has 1 aliphatic carbocycles. The van der Waals surface area contributed by atoms with Gasteiger partial charge in [0.1, 0.15) is 24.2 Å². The zero-order valence-electron chi connectivity index (χ0n) is 27.4. The third-order valence-corrected chi connectivity index (χ3v) is 10.1. The van der Waals surface area contributed by atoms with Gasteiger partial charge in [0.25, 0.3) is 0 Å². The molecule has 2 aliphatic heterocycles. The number of ether oxygens (including phenoxy) is 3. The number of rotatable bonds is 3. The predicted octanol–water partition coefficient (Wildman–Crippen LogP) is 6.50.